The summed E-state index contributed by atoms with van der Waals surface area (Å²) in [6.45, 7) is 3.61. The number of hydrogen-bond acceptors (Lipinski definition) is 4. The number of nitrogens with zero attached hydrogens (tertiary/aromatic N) is 2. The van der Waals surface area contributed by atoms with Crippen molar-refractivity contribution < 1.29 is 9.59 Å². The number of anilines is 2. The maximum absolute atomic E-state index is 12.3. The molecule has 2 aromatic rings. The second-order valence-electron chi connectivity index (χ2n) is 5.63. The molecular formula is C18H19ClN4O3. The predicted molar refractivity (Wildman–Crippen MR) is 103 cm³/mol. The number of alkyl halides is 1. The molecule has 8 heteroatoms. The Morgan fingerprint density at radius 2 is 1.62 bits per heavy atom. The van der Waals surface area contributed by atoms with Crippen molar-refractivity contribution in [2.24, 2.45) is 5.29 Å². The van der Waals surface area contributed by atoms with Crippen molar-refractivity contribution in [3.8, 4) is 0 Å². The van der Waals surface area contributed by atoms with Gasteiger partial charge in [-0.15, -0.1) is 16.5 Å². The summed E-state index contributed by atoms with van der Waals surface area (Å²) in [6, 6.07) is 11.7. The Kier molecular flexibility index (Phi) is 6.68. The lowest BCUT2D eigenvalue weighted by Crippen LogP contribution is -2.31. The van der Waals surface area contributed by atoms with Gasteiger partial charge < -0.3 is 10.6 Å². The van der Waals surface area contributed by atoms with Crippen LogP contribution in [-0.2, 0) is 0 Å². The highest BCUT2D eigenvalue weighted by molar-refractivity contribution is 6.18. The molecule has 0 aliphatic heterocycles. The summed E-state index contributed by atoms with van der Waals surface area (Å²) < 4.78 is 0. The normalized spacial score (nSPS) is 10.1. The molecule has 26 heavy (non-hydrogen) atoms. The quantitative estimate of drug-likeness (QED) is 0.448. The molecule has 0 aromatic heterocycles. The van der Waals surface area contributed by atoms with Gasteiger partial charge in [0.1, 0.15) is 0 Å². The highest BCUT2D eigenvalue weighted by Crippen LogP contribution is 2.25. The molecule has 0 atom stereocenters. The summed E-state index contributed by atoms with van der Waals surface area (Å²) in [4.78, 5) is 35.0. The number of halogens is 1. The van der Waals surface area contributed by atoms with E-state index in [1.54, 1.807) is 43.3 Å². The number of amides is 3. The van der Waals surface area contributed by atoms with Crippen LogP contribution in [0.15, 0.2) is 47.8 Å². The van der Waals surface area contributed by atoms with Gasteiger partial charge in [0.2, 0.25) is 0 Å². The largest absolute Gasteiger partial charge is 0.344 e. The van der Waals surface area contributed by atoms with E-state index in [4.69, 9.17) is 11.6 Å². The lowest BCUT2D eigenvalue weighted by atomic mass is 10.1. The summed E-state index contributed by atoms with van der Waals surface area (Å²) >= 11 is 5.54. The smallest absolute Gasteiger partial charge is 0.322 e. The van der Waals surface area contributed by atoms with Crippen LogP contribution < -0.4 is 10.6 Å². The fourth-order valence-electron chi connectivity index (χ4n) is 2.31. The van der Waals surface area contributed by atoms with Gasteiger partial charge in [-0.1, -0.05) is 18.2 Å². The molecule has 0 heterocycles. The third kappa shape index (κ3) is 4.80. The zero-order chi connectivity index (χ0) is 19.1. The van der Waals surface area contributed by atoms with Crippen LogP contribution in [0.4, 0.5) is 16.2 Å². The number of benzene rings is 2. The monoisotopic (exact) mass is 374 g/mol. The maximum atomic E-state index is 12.3. The molecule has 0 unspecified atom stereocenters. The Balaban J connectivity index is 2.16. The van der Waals surface area contributed by atoms with Crippen LogP contribution in [0.25, 0.3) is 0 Å². The summed E-state index contributed by atoms with van der Waals surface area (Å²) in [5.74, 6) is -0.120. The van der Waals surface area contributed by atoms with Gasteiger partial charge in [-0.05, 0) is 49.2 Å². The third-order valence-electron chi connectivity index (χ3n) is 3.73. The van der Waals surface area contributed by atoms with Gasteiger partial charge in [0.15, 0.2) is 0 Å². The first-order valence-corrected chi connectivity index (χ1v) is 8.45. The number of urea groups is 1. The Labute approximate surface area is 156 Å². The Morgan fingerprint density at radius 3 is 2.15 bits per heavy atom. The standard InChI is InChI=1S/C18H19ClN4O3/c1-12-11-16(21-18(25)23(22-26)9-8-19)13(2)10-15(12)20-17(24)14-6-4-3-5-7-14/h3-7,10-11H,8-9H2,1-2H3,(H,20,24)(H,21,25). The summed E-state index contributed by atoms with van der Waals surface area (Å²) in [5, 5.41) is 8.84. The van der Waals surface area contributed by atoms with E-state index in [0.717, 1.165) is 11.1 Å². The molecule has 3 amide bonds. The van der Waals surface area contributed by atoms with Gasteiger partial charge in [0.05, 0.1) is 11.8 Å². The Hall–Kier alpha value is -2.93. The second kappa shape index (κ2) is 8.96. The van der Waals surface area contributed by atoms with Gasteiger partial charge in [-0.25, -0.2) is 4.79 Å². The van der Waals surface area contributed by atoms with E-state index >= 15 is 0 Å². The number of nitroso groups, excluding NO2 is 1. The minimum Gasteiger partial charge on any atom is -0.322 e. The van der Waals surface area contributed by atoms with Crippen LogP contribution in [0.3, 0.4) is 0 Å². The van der Waals surface area contributed by atoms with Crippen LogP contribution in [0, 0.1) is 18.8 Å². The topological polar surface area (TPSA) is 90.9 Å². The molecule has 0 saturated carbocycles. The lowest BCUT2D eigenvalue weighted by molar-refractivity contribution is 0.102. The SMILES string of the molecule is Cc1cc(NC(=O)N(CCCl)N=O)c(C)cc1NC(=O)c1ccccc1. The number of rotatable bonds is 6. The van der Waals surface area contributed by atoms with Crippen LogP contribution >= 0.6 is 11.6 Å². The molecule has 0 radical (unpaired) electrons. The fraction of sp³-hybridized carbons (Fsp3) is 0.222. The first kappa shape index (κ1) is 19.4. The van der Waals surface area contributed by atoms with Crippen LogP contribution in [0.1, 0.15) is 21.5 Å². The van der Waals surface area contributed by atoms with Crippen LogP contribution in [0.5, 0.6) is 0 Å². The second-order valence-corrected chi connectivity index (χ2v) is 6.00. The summed E-state index contributed by atoms with van der Waals surface area (Å²) in [5.41, 5.74) is 3.20. The minimum atomic E-state index is -0.663. The van der Waals surface area contributed by atoms with Crippen molar-refractivity contribution in [1.29, 1.82) is 0 Å². The van der Waals surface area contributed by atoms with E-state index in [9.17, 15) is 14.5 Å². The molecular weight excluding hydrogens is 356 g/mol. The lowest BCUT2D eigenvalue weighted by Gasteiger charge is -2.17. The van der Waals surface area contributed by atoms with Crippen molar-refractivity contribution in [1.82, 2.24) is 5.01 Å². The molecule has 2 aromatic carbocycles. The van der Waals surface area contributed by atoms with Gasteiger partial charge in [-0.2, -0.15) is 5.01 Å². The van der Waals surface area contributed by atoms with Crippen molar-refractivity contribution in [2.75, 3.05) is 23.1 Å². The van der Waals surface area contributed by atoms with E-state index in [-0.39, 0.29) is 18.3 Å². The van der Waals surface area contributed by atoms with Gasteiger partial charge in [0, 0.05) is 22.8 Å². The molecule has 2 N–H and O–H groups in total. The number of carbonyl (C=O) groups excluding carboxylic acids is 2. The van der Waals surface area contributed by atoms with E-state index in [1.165, 1.54) is 0 Å². The number of nitrogens with one attached hydrogen (secondary N) is 2. The number of carbonyl (C=O) groups is 2. The van der Waals surface area contributed by atoms with Crippen molar-refractivity contribution in [3.63, 3.8) is 0 Å². The molecule has 0 spiro atoms. The van der Waals surface area contributed by atoms with Crippen molar-refractivity contribution in [3.05, 3.63) is 64.1 Å². The predicted octanol–water partition coefficient (Wildman–Crippen LogP) is 4.31. The number of hydrogen-bond donors (Lipinski definition) is 2. The van der Waals surface area contributed by atoms with Crippen molar-refractivity contribution in [2.45, 2.75) is 13.8 Å². The summed E-state index contributed by atoms with van der Waals surface area (Å²) in [6.07, 6.45) is 0. The van der Waals surface area contributed by atoms with E-state index in [1.807, 2.05) is 13.0 Å². The molecule has 2 rings (SSSR count). The molecule has 0 bridgehead atoms. The third-order valence-corrected chi connectivity index (χ3v) is 3.90. The Morgan fingerprint density at radius 1 is 1.04 bits per heavy atom. The van der Waals surface area contributed by atoms with Gasteiger partial charge in [-0.3, -0.25) is 4.79 Å². The minimum absolute atomic E-state index is 0.0140. The van der Waals surface area contributed by atoms with Crippen molar-refractivity contribution >= 4 is 34.9 Å². The average molecular weight is 375 g/mol. The average Bonchev–Trinajstić information content (AvgIpc) is 2.64. The maximum Gasteiger partial charge on any atom is 0.344 e. The van der Waals surface area contributed by atoms with Gasteiger partial charge in [0.25, 0.3) is 5.91 Å². The molecule has 0 aliphatic carbocycles. The zero-order valence-corrected chi connectivity index (χ0v) is 15.2. The molecule has 136 valence electrons. The first-order valence-electron chi connectivity index (χ1n) is 7.91. The molecule has 0 aliphatic rings. The first-order chi connectivity index (χ1) is 12.5. The van der Waals surface area contributed by atoms with Crippen LogP contribution in [-0.4, -0.2) is 29.4 Å². The van der Waals surface area contributed by atoms with Crippen LogP contribution in [0.2, 0.25) is 0 Å². The van der Waals surface area contributed by atoms with E-state index < -0.39 is 6.03 Å². The van der Waals surface area contributed by atoms with E-state index in [2.05, 4.69) is 15.9 Å². The Bertz CT molecular complexity index is 812. The van der Waals surface area contributed by atoms with E-state index in [0.29, 0.717) is 21.9 Å². The highest BCUT2D eigenvalue weighted by Gasteiger charge is 2.16. The molecule has 0 saturated heterocycles. The number of aryl methyl sites for hydroxylation is 2. The molecule has 7 nitrogen and oxygen atoms in total. The van der Waals surface area contributed by atoms with Gasteiger partial charge >= 0.3 is 6.03 Å². The summed E-state index contributed by atoms with van der Waals surface area (Å²) in [7, 11) is 0. The zero-order valence-electron chi connectivity index (χ0n) is 14.5. The highest BCUT2D eigenvalue weighted by atomic mass is 35.5. The molecule has 0 fully saturated rings. The fourth-order valence-corrected chi connectivity index (χ4v) is 2.47.